The van der Waals surface area contributed by atoms with Gasteiger partial charge in [0.2, 0.25) is 0 Å². The molecule has 0 spiro atoms. The van der Waals surface area contributed by atoms with Gasteiger partial charge in [-0.05, 0) is 53.3 Å². The number of rotatable bonds is 10. The van der Waals surface area contributed by atoms with Crippen molar-refractivity contribution in [1.82, 2.24) is 4.98 Å². The van der Waals surface area contributed by atoms with Crippen LogP contribution in [0, 0.1) is 11.6 Å². The van der Waals surface area contributed by atoms with Crippen LogP contribution in [0.1, 0.15) is 24.5 Å². The summed E-state index contributed by atoms with van der Waals surface area (Å²) in [7, 11) is 0. The zero-order valence-electron chi connectivity index (χ0n) is 17.7. The monoisotopic (exact) mass is 444 g/mol. The summed E-state index contributed by atoms with van der Waals surface area (Å²) in [5, 5.41) is 18.7. The number of halogens is 2. The Labute approximate surface area is 185 Å². The standard InChI is InChI=1S/C24H26F2N2O4/c1-2-19(14-30)31-23-21(25)12-22(26)24(28-23)32-20-10-15(6-7-29)8-18(11-20)17-5-3-4-16(9-17)13-27/h3-5,8-12,19,29-30H,2,6-7,13-14,27H2,1H3/t19-/m1/s1. The van der Waals surface area contributed by atoms with Gasteiger partial charge in [-0.2, -0.15) is 4.98 Å². The van der Waals surface area contributed by atoms with E-state index in [-0.39, 0.29) is 19.0 Å². The largest absolute Gasteiger partial charge is 0.470 e. The van der Waals surface area contributed by atoms with Gasteiger partial charge < -0.3 is 25.4 Å². The second-order valence-corrected chi connectivity index (χ2v) is 7.24. The van der Waals surface area contributed by atoms with Crippen LogP contribution in [0.2, 0.25) is 0 Å². The minimum atomic E-state index is -0.994. The van der Waals surface area contributed by atoms with Crippen LogP contribution in [0.25, 0.3) is 11.1 Å². The maximum atomic E-state index is 14.4. The number of nitrogens with zero attached hydrogens (tertiary/aromatic N) is 1. The maximum absolute atomic E-state index is 14.4. The van der Waals surface area contributed by atoms with Crippen molar-refractivity contribution in [2.45, 2.75) is 32.4 Å². The third-order valence-electron chi connectivity index (χ3n) is 4.88. The van der Waals surface area contributed by atoms with Gasteiger partial charge in [0.05, 0.1) is 6.61 Å². The number of hydrogen-bond acceptors (Lipinski definition) is 6. The molecule has 0 aliphatic carbocycles. The Kier molecular flexibility index (Phi) is 8.10. The topological polar surface area (TPSA) is 97.8 Å². The fourth-order valence-corrected chi connectivity index (χ4v) is 3.14. The molecule has 6 nitrogen and oxygen atoms in total. The third-order valence-corrected chi connectivity index (χ3v) is 4.88. The van der Waals surface area contributed by atoms with E-state index in [2.05, 4.69) is 4.98 Å². The summed E-state index contributed by atoms with van der Waals surface area (Å²) < 4.78 is 39.5. The van der Waals surface area contributed by atoms with Gasteiger partial charge in [-0.15, -0.1) is 0 Å². The highest BCUT2D eigenvalue weighted by Crippen LogP contribution is 2.32. The van der Waals surface area contributed by atoms with Crippen molar-refractivity contribution >= 4 is 0 Å². The molecule has 4 N–H and O–H groups in total. The highest BCUT2D eigenvalue weighted by Gasteiger charge is 2.18. The average molecular weight is 444 g/mol. The molecule has 0 saturated heterocycles. The Morgan fingerprint density at radius 1 is 0.969 bits per heavy atom. The van der Waals surface area contributed by atoms with Gasteiger partial charge in [-0.3, -0.25) is 0 Å². The van der Waals surface area contributed by atoms with Crippen molar-refractivity contribution in [3.05, 3.63) is 71.3 Å². The molecule has 0 unspecified atom stereocenters. The van der Waals surface area contributed by atoms with Gasteiger partial charge in [-0.1, -0.05) is 31.2 Å². The summed E-state index contributed by atoms with van der Waals surface area (Å²) in [5.74, 6) is -2.63. The van der Waals surface area contributed by atoms with Gasteiger partial charge >= 0.3 is 0 Å². The molecule has 1 aromatic heterocycles. The SMILES string of the molecule is CC[C@H](CO)Oc1nc(Oc2cc(CCO)cc(-c3cccc(CN)c3)c2)c(F)cc1F. The van der Waals surface area contributed by atoms with Crippen LogP contribution in [0.4, 0.5) is 8.78 Å². The van der Waals surface area contributed by atoms with Gasteiger partial charge in [0, 0.05) is 19.2 Å². The van der Waals surface area contributed by atoms with Crippen LogP contribution in [-0.2, 0) is 13.0 Å². The molecule has 0 bridgehead atoms. The molecular weight excluding hydrogens is 418 g/mol. The van der Waals surface area contributed by atoms with E-state index in [4.69, 9.17) is 15.2 Å². The maximum Gasteiger partial charge on any atom is 0.259 e. The minimum absolute atomic E-state index is 0.0769. The molecule has 0 aliphatic rings. The molecule has 0 fully saturated rings. The van der Waals surface area contributed by atoms with E-state index in [1.54, 1.807) is 19.1 Å². The number of hydrogen-bond donors (Lipinski definition) is 3. The number of aliphatic hydroxyl groups is 2. The van der Waals surface area contributed by atoms with Crippen LogP contribution >= 0.6 is 0 Å². The number of pyridine rings is 1. The summed E-state index contributed by atoms with van der Waals surface area (Å²) in [6.45, 7) is 1.73. The quantitative estimate of drug-likeness (QED) is 0.438. The number of ether oxygens (including phenoxy) is 2. The molecule has 32 heavy (non-hydrogen) atoms. The lowest BCUT2D eigenvalue weighted by Crippen LogP contribution is -2.21. The van der Waals surface area contributed by atoms with E-state index in [0.717, 1.165) is 22.3 Å². The second-order valence-electron chi connectivity index (χ2n) is 7.24. The summed E-state index contributed by atoms with van der Waals surface area (Å²) in [5.41, 5.74) is 9.11. The van der Waals surface area contributed by atoms with Gasteiger partial charge in [-0.25, -0.2) is 8.78 Å². The molecule has 0 saturated carbocycles. The Bertz CT molecular complexity index is 1060. The van der Waals surface area contributed by atoms with Crippen molar-refractivity contribution in [1.29, 1.82) is 0 Å². The fraction of sp³-hybridized carbons (Fsp3) is 0.292. The number of nitrogens with two attached hydrogens (primary N) is 1. The van der Waals surface area contributed by atoms with Crippen LogP contribution in [0.5, 0.6) is 17.5 Å². The van der Waals surface area contributed by atoms with E-state index < -0.39 is 29.5 Å². The average Bonchev–Trinajstić information content (AvgIpc) is 2.80. The summed E-state index contributed by atoms with van der Waals surface area (Å²) in [6.07, 6.45) is 0.104. The molecule has 0 radical (unpaired) electrons. The van der Waals surface area contributed by atoms with E-state index in [0.29, 0.717) is 25.5 Å². The molecule has 0 aliphatic heterocycles. The normalized spacial score (nSPS) is 11.9. The summed E-state index contributed by atoms with van der Waals surface area (Å²) in [4.78, 5) is 3.84. The van der Waals surface area contributed by atoms with E-state index in [1.165, 1.54) is 0 Å². The smallest absolute Gasteiger partial charge is 0.259 e. The molecule has 0 amide bonds. The first kappa shape index (κ1) is 23.6. The molecule has 3 aromatic rings. The van der Waals surface area contributed by atoms with Crippen molar-refractivity contribution in [2.24, 2.45) is 5.73 Å². The number of benzene rings is 2. The fourth-order valence-electron chi connectivity index (χ4n) is 3.14. The number of aromatic nitrogens is 1. The van der Waals surface area contributed by atoms with Gasteiger partial charge in [0.1, 0.15) is 11.9 Å². The summed E-state index contributed by atoms with van der Waals surface area (Å²) in [6, 6.07) is 13.5. The second kappa shape index (κ2) is 11.0. The first-order valence-corrected chi connectivity index (χ1v) is 10.3. The molecule has 1 atom stereocenters. The molecule has 8 heteroatoms. The van der Waals surface area contributed by atoms with Crippen LogP contribution in [-0.4, -0.2) is 34.5 Å². The minimum Gasteiger partial charge on any atom is -0.470 e. The van der Waals surface area contributed by atoms with Crippen molar-refractivity contribution < 1.29 is 28.5 Å². The van der Waals surface area contributed by atoms with E-state index in [9.17, 15) is 19.0 Å². The highest BCUT2D eigenvalue weighted by atomic mass is 19.1. The molecule has 2 aromatic carbocycles. The van der Waals surface area contributed by atoms with Crippen molar-refractivity contribution in [2.75, 3.05) is 13.2 Å². The predicted octanol–water partition coefficient (Wildman–Crippen LogP) is 3.96. The molecule has 1 heterocycles. The Hall–Kier alpha value is -3.07. The van der Waals surface area contributed by atoms with E-state index in [1.807, 2.05) is 30.3 Å². The molecule has 170 valence electrons. The van der Waals surface area contributed by atoms with Crippen molar-refractivity contribution in [3.8, 4) is 28.6 Å². The molecular formula is C24H26F2N2O4. The highest BCUT2D eigenvalue weighted by molar-refractivity contribution is 5.67. The zero-order valence-corrected chi connectivity index (χ0v) is 17.7. The Morgan fingerprint density at radius 3 is 2.41 bits per heavy atom. The predicted molar refractivity (Wildman–Crippen MR) is 117 cm³/mol. The van der Waals surface area contributed by atoms with Gasteiger partial charge in [0.15, 0.2) is 11.6 Å². The van der Waals surface area contributed by atoms with Crippen LogP contribution in [0.15, 0.2) is 48.5 Å². The van der Waals surface area contributed by atoms with Crippen LogP contribution in [0.3, 0.4) is 0 Å². The Morgan fingerprint density at radius 2 is 1.72 bits per heavy atom. The molecule has 3 rings (SSSR count). The van der Waals surface area contributed by atoms with Crippen LogP contribution < -0.4 is 15.2 Å². The first-order chi connectivity index (χ1) is 15.5. The van der Waals surface area contributed by atoms with E-state index >= 15 is 0 Å². The lowest BCUT2D eigenvalue weighted by Gasteiger charge is -2.16. The lowest BCUT2D eigenvalue weighted by atomic mass is 9.99. The number of aliphatic hydroxyl groups excluding tert-OH is 2. The third kappa shape index (κ3) is 5.79. The lowest BCUT2D eigenvalue weighted by molar-refractivity contribution is 0.103. The van der Waals surface area contributed by atoms with Gasteiger partial charge in [0.25, 0.3) is 11.8 Å². The first-order valence-electron chi connectivity index (χ1n) is 10.3. The summed E-state index contributed by atoms with van der Waals surface area (Å²) >= 11 is 0. The zero-order chi connectivity index (χ0) is 23.1. The van der Waals surface area contributed by atoms with Crippen molar-refractivity contribution in [3.63, 3.8) is 0 Å². The Balaban J connectivity index is 1.98.